The molecule has 1 aromatic heterocycles. The summed E-state index contributed by atoms with van der Waals surface area (Å²) in [5, 5.41) is 6.86. The third-order valence-corrected chi connectivity index (χ3v) is 2.80. The van der Waals surface area contributed by atoms with Crippen molar-refractivity contribution < 1.29 is 14.0 Å². The van der Waals surface area contributed by atoms with Crippen LogP contribution in [0.15, 0.2) is 22.7 Å². The van der Waals surface area contributed by atoms with Crippen molar-refractivity contribution in [3.05, 3.63) is 35.5 Å². The molecule has 0 spiro atoms. The summed E-state index contributed by atoms with van der Waals surface area (Å²) < 4.78 is 16.5. The van der Waals surface area contributed by atoms with E-state index in [9.17, 15) is 0 Å². The Morgan fingerprint density at radius 2 is 2.14 bits per heavy atom. The summed E-state index contributed by atoms with van der Waals surface area (Å²) in [5.41, 5.74) is 1.05. The van der Waals surface area contributed by atoms with Crippen molar-refractivity contribution in [1.82, 2.24) is 15.5 Å². The Balaban J connectivity index is 2.09. The Hall–Kier alpha value is -2.08. The van der Waals surface area contributed by atoms with Crippen LogP contribution >= 0.6 is 0 Å². The van der Waals surface area contributed by atoms with Gasteiger partial charge < -0.3 is 19.3 Å². The lowest BCUT2D eigenvalue weighted by molar-refractivity contribution is 0.238. The number of ether oxygens (including phenoxy) is 2. The lowest BCUT2D eigenvalue weighted by Crippen LogP contribution is -2.08. The second-order valence-corrected chi connectivity index (χ2v) is 4.67. The first-order chi connectivity index (χ1) is 10.2. The average molecular weight is 291 g/mol. The average Bonchev–Trinajstić information content (AvgIpc) is 2.90. The maximum Gasteiger partial charge on any atom is 0.264 e. The van der Waals surface area contributed by atoms with E-state index in [0.717, 1.165) is 23.5 Å². The first-order valence-corrected chi connectivity index (χ1v) is 7.05. The monoisotopic (exact) mass is 291 g/mol. The smallest absolute Gasteiger partial charge is 0.264 e. The number of nitrogens with one attached hydrogen (secondary N) is 1. The molecule has 0 amide bonds. The summed E-state index contributed by atoms with van der Waals surface area (Å²) in [7, 11) is 1.90. The molecule has 6 nitrogen and oxygen atoms in total. The minimum absolute atomic E-state index is 0.245. The molecule has 2 rings (SSSR count). The molecule has 114 valence electrons. The van der Waals surface area contributed by atoms with Crippen molar-refractivity contribution >= 4 is 0 Å². The highest BCUT2D eigenvalue weighted by Crippen LogP contribution is 2.26. The highest BCUT2D eigenvalue weighted by molar-refractivity contribution is 5.40. The zero-order chi connectivity index (χ0) is 15.1. The number of nitrogens with zero attached hydrogens (tertiary/aromatic N) is 2. The second-order valence-electron chi connectivity index (χ2n) is 4.67. The molecular formula is C15H21N3O3. The molecule has 0 radical (unpaired) electrons. The molecule has 0 aliphatic rings. The molecular weight excluding hydrogens is 270 g/mol. The van der Waals surface area contributed by atoms with E-state index < -0.39 is 0 Å². The molecule has 0 unspecified atom stereocenters. The highest BCUT2D eigenvalue weighted by Gasteiger charge is 2.09. The van der Waals surface area contributed by atoms with Crippen LogP contribution in [0.1, 0.15) is 30.6 Å². The molecule has 0 aliphatic carbocycles. The van der Waals surface area contributed by atoms with Crippen LogP contribution in [-0.4, -0.2) is 23.8 Å². The zero-order valence-electron chi connectivity index (χ0n) is 12.7. The number of benzene rings is 1. The summed E-state index contributed by atoms with van der Waals surface area (Å²) in [6, 6.07) is 5.84. The summed E-state index contributed by atoms with van der Waals surface area (Å²) in [6.07, 6.45) is 0.968. The fraction of sp³-hybridized carbons (Fsp3) is 0.467. The van der Waals surface area contributed by atoms with Gasteiger partial charge in [0.05, 0.1) is 6.61 Å². The Morgan fingerprint density at radius 3 is 2.81 bits per heavy atom. The summed E-state index contributed by atoms with van der Waals surface area (Å²) in [5.74, 6) is 2.62. The molecule has 0 saturated heterocycles. The van der Waals surface area contributed by atoms with Gasteiger partial charge in [-0.25, -0.2) is 0 Å². The molecule has 0 atom stereocenters. The van der Waals surface area contributed by atoms with Crippen LogP contribution in [0, 0.1) is 6.92 Å². The summed E-state index contributed by atoms with van der Waals surface area (Å²) >= 11 is 0. The first-order valence-electron chi connectivity index (χ1n) is 7.05. The van der Waals surface area contributed by atoms with Gasteiger partial charge in [-0.2, -0.15) is 4.98 Å². The van der Waals surface area contributed by atoms with Crippen molar-refractivity contribution in [2.24, 2.45) is 0 Å². The van der Waals surface area contributed by atoms with Crippen LogP contribution in [-0.2, 0) is 13.2 Å². The van der Waals surface area contributed by atoms with Crippen LogP contribution < -0.4 is 14.8 Å². The normalized spacial score (nSPS) is 10.6. The Morgan fingerprint density at radius 1 is 1.29 bits per heavy atom. The second kappa shape index (κ2) is 7.64. The van der Waals surface area contributed by atoms with Crippen molar-refractivity contribution in [1.29, 1.82) is 0 Å². The predicted octanol–water partition coefficient (Wildman–Crippen LogP) is 2.47. The van der Waals surface area contributed by atoms with Crippen molar-refractivity contribution in [2.45, 2.75) is 33.4 Å². The van der Waals surface area contributed by atoms with Crippen molar-refractivity contribution in [3.8, 4) is 11.5 Å². The van der Waals surface area contributed by atoms with Crippen LogP contribution in [0.3, 0.4) is 0 Å². The number of aromatic nitrogens is 2. The van der Waals surface area contributed by atoms with Crippen LogP contribution in [0.2, 0.25) is 0 Å². The number of aryl methyl sites for hydroxylation is 1. The van der Waals surface area contributed by atoms with Crippen LogP contribution in [0.25, 0.3) is 0 Å². The third kappa shape index (κ3) is 4.46. The zero-order valence-corrected chi connectivity index (χ0v) is 12.7. The Bertz CT molecular complexity index is 569. The van der Waals surface area contributed by atoms with Gasteiger partial charge in [-0.3, -0.25) is 0 Å². The van der Waals surface area contributed by atoms with E-state index in [0.29, 0.717) is 24.9 Å². The summed E-state index contributed by atoms with van der Waals surface area (Å²) in [4.78, 5) is 4.12. The standard InChI is InChI=1S/C15H21N3O3/c1-4-7-19-13-6-5-12(9-16-3)14(8-13)20-10-15-17-11(2)18-21-15/h5-6,8,16H,4,7,9-10H2,1-3H3. The third-order valence-electron chi connectivity index (χ3n) is 2.80. The van der Waals surface area contributed by atoms with E-state index in [1.54, 1.807) is 6.92 Å². The van der Waals surface area contributed by atoms with Crippen LogP contribution in [0.4, 0.5) is 0 Å². The molecule has 6 heteroatoms. The quantitative estimate of drug-likeness (QED) is 0.805. The minimum atomic E-state index is 0.245. The molecule has 0 fully saturated rings. The largest absolute Gasteiger partial charge is 0.493 e. The fourth-order valence-corrected chi connectivity index (χ4v) is 1.85. The van der Waals surface area contributed by atoms with Gasteiger partial charge in [-0.1, -0.05) is 18.1 Å². The number of hydrogen-bond acceptors (Lipinski definition) is 6. The van der Waals surface area contributed by atoms with E-state index in [1.807, 2.05) is 25.2 Å². The van der Waals surface area contributed by atoms with Crippen molar-refractivity contribution in [3.63, 3.8) is 0 Å². The van der Waals surface area contributed by atoms with Gasteiger partial charge in [-0.15, -0.1) is 0 Å². The van der Waals surface area contributed by atoms with E-state index in [-0.39, 0.29) is 6.61 Å². The SMILES string of the molecule is CCCOc1ccc(CNC)c(OCc2nc(C)no2)c1. The number of rotatable bonds is 8. The van der Waals surface area contributed by atoms with E-state index in [4.69, 9.17) is 14.0 Å². The molecule has 0 bridgehead atoms. The minimum Gasteiger partial charge on any atom is -0.493 e. The first kappa shape index (κ1) is 15.3. The van der Waals surface area contributed by atoms with Gasteiger partial charge in [0, 0.05) is 18.2 Å². The lowest BCUT2D eigenvalue weighted by Gasteiger charge is -2.12. The highest BCUT2D eigenvalue weighted by atomic mass is 16.5. The fourth-order valence-electron chi connectivity index (χ4n) is 1.85. The van der Waals surface area contributed by atoms with Gasteiger partial charge in [0.15, 0.2) is 12.4 Å². The van der Waals surface area contributed by atoms with Crippen molar-refractivity contribution in [2.75, 3.05) is 13.7 Å². The Labute approximate surface area is 124 Å². The van der Waals surface area contributed by atoms with Crippen LogP contribution in [0.5, 0.6) is 11.5 Å². The molecule has 1 N–H and O–H groups in total. The van der Waals surface area contributed by atoms with Gasteiger partial charge in [0.2, 0.25) is 0 Å². The lowest BCUT2D eigenvalue weighted by atomic mass is 10.2. The van der Waals surface area contributed by atoms with Gasteiger partial charge >= 0.3 is 0 Å². The maximum atomic E-state index is 5.79. The summed E-state index contributed by atoms with van der Waals surface area (Å²) in [6.45, 7) is 5.50. The van der Waals surface area contributed by atoms with Gasteiger partial charge in [0.1, 0.15) is 11.5 Å². The number of hydrogen-bond donors (Lipinski definition) is 1. The predicted molar refractivity (Wildman–Crippen MR) is 78.4 cm³/mol. The van der Waals surface area contributed by atoms with Gasteiger partial charge in [0.25, 0.3) is 5.89 Å². The Kier molecular flexibility index (Phi) is 5.57. The maximum absolute atomic E-state index is 5.79. The molecule has 21 heavy (non-hydrogen) atoms. The molecule has 0 saturated carbocycles. The molecule has 0 aliphatic heterocycles. The van der Waals surface area contributed by atoms with E-state index >= 15 is 0 Å². The van der Waals surface area contributed by atoms with E-state index in [2.05, 4.69) is 22.4 Å². The molecule has 1 heterocycles. The molecule has 2 aromatic rings. The molecule has 1 aromatic carbocycles. The van der Waals surface area contributed by atoms with E-state index in [1.165, 1.54) is 0 Å². The van der Waals surface area contributed by atoms with Gasteiger partial charge in [-0.05, 0) is 26.5 Å². The topological polar surface area (TPSA) is 69.4 Å².